The van der Waals surface area contributed by atoms with Gasteiger partial charge in [-0.2, -0.15) is 5.26 Å². The molecule has 0 aliphatic carbocycles. The summed E-state index contributed by atoms with van der Waals surface area (Å²) in [6.45, 7) is 4.18. The van der Waals surface area contributed by atoms with Crippen LogP contribution in [0.15, 0.2) is 24.3 Å². The first kappa shape index (κ1) is 14.0. The fraction of sp³-hybridized carbons (Fsp3) is 0.429. The lowest BCUT2D eigenvalue weighted by atomic mass is 10.2. The Morgan fingerprint density at radius 2 is 1.94 bits per heavy atom. The fourth-order valence-electron chi connectivity index (χ4n) is 1.54. The predicted octanol–water partition coefficient (Wildman–Crippen LogP) is 3.11. The van der Waals surface area contributed by atoms with Crippen LogP contribution in [-0.4, -0.2) is 12.0 Å². The number of amides is 1. The smallest absolute Gasteiger partial charge is 0.238 e. The maximum atomic E-state index is 11.2. The molecule has 1 N–H and O–H groups in total. The second-order valence-electron chi connectivity index (χ2n) is 3.96. The molecule has 0 aromatic heterocycles. The first-order valence-electron chi connectivity index (χ1n) is 6.13. The third-order valence-corrected chi connectivity index (χ3v) is 2.59. The minimum absolute atomic E-state index is 0.133. The fourth-order valence-corrected chi connectivity index (χ4v) is 1.54. The number of hydrogen-bond donors (Lipinski definition) is 1. The van der Waals surface area contributed by atoms with Crippen LogP contribution in [0.25, 0.3) is 0 Å². The number of nitrogens with zero attached hydrogens (tertiary/aromatic N) is 1. The van der Waals surface area contributed by atoms with Crippen LogP contribution < -0.4 is 10.1 Å². The summed E-state index contributed by atoms with van der Waals surface area (Å²) in [4.78, 5) is 11.2. The van der Waals surface area contributed by atoms with E-state index in [1.165, 1.54) is 0 Å². The summed E-state index contributed by atoms with van der Waals surface area (Å²) in [7, 11) is 0. The number of carbonyl (C=O) groups excluding carboxylic acids is 1. The molecular weight excluding hydrogens is 228 g/mol. The van der Waals surface area contributed by atoms with Crippen molar-refractivity contribution < 1.29 is 9.53 Å². The zero-order valence-electron chi connectivity index (χ0n) is 10.8. The van der Waals surface area contributed by atoms with Gasteiger partial charge in [0, 0.05) is 5.69 Å². The predicted molar refractivity (Wildman–Crippen MR) is 70.3 cm³/mol. The summed E-state index contributed by atoms with van der Waals surface area (Å²) in [6, 6.07) is 8.98. The van der Waals surface area contributed by atoms with Crippen molar-refractivity contribution >= 4 is 11.6 Å². The average Bonchev–Trinajstić information content (AvgIpc) is 2.38. The van der Waals surface area contributed by atoms with Gasteiger partial charge in [-0.15, -0.1) is 0 Å². The number of carbonyl (C=O) groups is 1. The molecule has 1 rings (SSSR count). The highest BCUT2D eigenvalue weighted by Crippen LogP contribution is 2.18. The largest absolute Gasteiger partial charge is 0.490 e. The van der Waals surface area contributed by atoms with Crippen molar-refractivity contribution in [1.29, 1.82) is 5.26 Å². The Kier molecular flexibility index (Phi) is 5.72. The molecule has 0 bridgehead atoms. The average molecular weight is 246 g/mol. The number of ether oxygens (including phenoxy) is 1. The summed E-state index contributed by atoms with van der Waals surface area (Å²) in [5.41, 5.74) is 0.673. The quantitative estimate of drug-likeness (QED) is 0.838. The Morgan fingerprint density at radius 3 is 2.44 bits per heavy atom. The Balaban J connectivity index is 2.57. The van der Waals surface area contributed by atoms with E-state index in [0.29, 0.717) is 5.69 Å². The lowest BCUT2D eigenvalue weighted by Gasteiger charge is -2.15. The molecule has 0 saturated carbocycles. The minimum Gasteiger partial charge on any atom is -0.490 e. The van der Waals surface area contributed by atoms with E-state index in [4.69, 9.17) is 10.00 Å². The van der Waals surface area contributed by atoms with E-state index < -0.39 is 0 Å². The molecule has 0 unspecified atom stereocenters. The normalized spacial score (nSPS) is 9.89. The Bertz CT molecular complexity index is 416. The maximum absolute atomic E-state index is 11.2. The first-order chi connectivity index (χ1) is 8.69. The summed E-state index contributed by atoms with van der Waals surface area (Å²) in [5, 5.41) is 11.0. The van der Waals surface area contributed by atoms with E-state index in [9.17, 15) is 4.79 Å². The van der Waals surface area contributed by atoms with Crippen molar-refractivity contribution in [2.75, 3.05) is 5.32 Å². The number of nitriles is 1. The van der Waals surface area contributed by atoms with Crippen molar-refractivity contribution in [1.82, 2.24) is 0 Å². The summed E-state index contributed by atoms with van der Waals surface area (Å²) in [6.07, 6.45) is 2.03. The van der Waals surface area contributed by atoms with E-state index in [2.05, 4.69) is 19.2 Å². The topological polar surface area (TPSA) is 62.1 Å². The third kappa shape index (κ3) is 4.46. The SMILES string of the molecule is CCC(CC)Oc1ccc(NC(=O)CC#N)cc1. The lowest BCUT2D eigenvalue weighted by molar-refractivity contribution is -0.115. The van der Waals surface area contributed by atoms with E-state index in [-0.39, 0.29) is 18.4 Å². The molecule has 0 heterocycles. The zero-order valence-corrected chi connectivity index (χ0v) is 10.8. The van der Waals surface area contributed by atoms with Crippen LogP contribution in [0, 0.1) is 11.3 Å². The highest BCUT2D eigenvalue weighted by atomic mass is 16.5. The molecule has 1 aromatic rings. The van der Waals surface area contributed by atoms with Crippen LogP contribution in [0.3, 0.4) is 0 Å². The molecular formula is C14H18N2O2. The van der Waals surface area contributed by atoms with Gasteiger partial charge < -0.3 is 10.1 Å². The van der Waals surface area contributed by atoms with Crippen molar-refractivity contribution in [3.63, 3.8) is 0 Å². The molecule has 1 amide bonds. The van der Waals surface area contributed by atoms with Crippen molar-refractivity contribution in [2.45, 2.75) is 39.2 Å². The van der Waals surface area contributed by atoms with Gasteiger partial charge in [0.05, 0.1) is 12.2 Å². The van der Waals surface area contributed by atoms with E-state index in [1.807, 2.05) is 12.1 Å². The molecule has 1 aromatic carbocycles. The molecule has 0 atom stereocenters. The summed E-state index contributed by atoms with van der Waals surface area (Å²) < 4.78 is 5.76. The molecule has 4 nitrogen and oxygen atoms in total. The molecule has 4 heteroatoms. The number of nitrogens with one attached hydrogen (secondary N) is 1. The lowest BCUT2D eigenvalue weighted by Crippen LogP contribution is -2.13. The van der Waals surface area contributed by atoms with Gasteiger partial charge in [0.15, 0.2) is 0 Å². The van der Waals surface area contributed by atoms with Crippen LogP contribution in [0.5, 0.6) is 5.75 Å². The second-order valence-corrected chi connectivity index (χ2v) is 3.96. The number of benzene rings is 1. The van der Waals surface area contributed by atoms with Crippen LogP contribution in [-0.2, 0) is 4.79 Å². The van der Waals surface area contributed by atoms with Crippen LogP contribution >= 0.6 is 0 Å². The third-order valence-electron chi connectivity index (χ3n) is 2.59. The molecule has 0 aliphatic heterocycles. The van der Waals surface area contributed by atoms with Gasteiger partial charge in [0.2, 0.25) is 5.91 Å². The zero-order chi connectivity index (χ0) is 13.4. The summed E-state index contributed by atoms with van der Waals surface area (Å²) >= 11 is 0. The van der Waals surface area contributed by atoms with Crippen molar-refractivity contribution in [2.24, 2.45) is 0 Å². The summed E-state index contributed by atoms with van der Waals surface area (Å²) in [5.74, 6) is 0.494. The van der Waals surface area contributed by atoms with Gasteiger partial charge in [-0.1, -0.05) is 13.8 Å². The van der Waals surface area contributed by atoms with Gasteiger partial charge in [-0.25, -0.2) is 0 Å². The van der Waals surface area contributed by atoms with E-state index in [0.717, 1.165) is 18.6 Å². The van der Waals surface area contributed by atoms with Crippen molar-refractivity contribution in [3.8, 4) is 11.8 Å². The Hall–Kier alpha value is -2.02. The Morgan fingerprint density at radius 1 is 1.33 bits per heavy atom. The maximum Gasteiger partial charge on any atom is 0.238 e. The second kappa shape index (κ2) is 7.33. The number of rotatable bonds is 6. The van der Waals surface area contributed by atoms with Gasteiger partial charge in [0.25, 0.3) is 0 Å². The molecule has 18 heavy (non-hydrogen) atoms. The number of anilines is 1. The van der Waals surface area contributed by atoms with Gasteiger partial charge >= 0.3 is 0 Å². The number of hydrogen-bond acceptors (Lipinski definition) is 3. The highest BCUT2D eigenvalue weighted by molar-refractivity contribution is 5.92. The molecule has 0 aliphatic rings. The monoisotopic (exact) mass is 246 g/mol. The van der Waals surface area contributed by atoms with Crippen LogP contribution in [0.4, 0.5) is 5.69 Å². The molecule has 0 saturated heterocycles. The molecule has 0 fully saturated rings. The Labute approximate surface area is 108 Å². The van der Waals surface area contributed by atoms with Crippen LogP contribution in [0.2, 0.25) is 0 Å². The first-order valence-corrected chi connectivity index (χ1v) is 6.13. The highest BCUT2D eigenvalue weighted by Gasteiger charge is 2.05. The molecule has 0 spiro atoms. The van der Waals surface area contributed by atoms with Gasteiger partial charge in [0.1, 0.15) is 12.2 Å². The van der Waals surface area contributed by atoms with Gasteiger partial charge in [-0.3, -0.25) is 4.79 Å². The van der Waals surface area contributed by atoms with E-state index in [1.54, 1.807) is 18.2 Å². The molecule has 96 valence electrons. The minimum atomic E-state index is -0.300. The van der Waals surface area contributed by atoms with E-state index >= 15 is 0 Å². The van der Waals surface area contributed by atoms with Crippen LogP contribution in [0.1, 0.15) is 33.1 Å². The molecule has 0 radical (unpaired) electrons. The van der Waals surface area contributed by atoms with Gasteiger partial charge in [-0.05, 0) is 37.1 Å². The van der Waals surface area contributed by atoms with Crippen molar-refractivity contribution in [3.05, 3.63) is 24.3 Å². The standard InChI is InChI=1S/C14H18N2O2/c1-3-12(4-2)18-13-7-5-11(6-8-13)16-14(17)9-10-15/h5-8,12H,3-4,9H2,1-2H3,(H,16,17).